The van der Waals surface area contributed by atoms with Gasteiger partial charge in [-0.25, -0.2) is 0 Å². The van der Waals surface area contributed by atoms with Crippen LogP contribution in [-0.4, -0.2) is 25.8 Å². The minimum atomic E-state index is 0.502. The van der Waals surface area contributed by atoms with Crippen molar-refractivity contribution in [3.8, 4) is 0 Å². The zero-order chi connectivity index (χ0) is 12.6. The van der Waals surface area contributed by atoms with Crippen LogP contribution in [0.2, 0.25) is 0 Å². The number of nitrogen functional groups attached to an aromatic ring is 1. The van der Waals surface area contributed by atoms with Crippen molar-refractivity contribution in [2.75, 3.05) is 25.4 Å². The summed E-state index contributed by atoms with van der Waals surface area (Å²) in [5.74, 6) is 0. The minimum absolute atomic E-state index is 0.502. The summed E-state index contributed by atoms with van der Waals surface area (Å²) in [5, 5.41) is 3.48. The number of nitrogens with two attached hydrogens (primary N) is 1. The van der Waals surface area contributed by atoms with E-state index in [1.165, 1.54) is 18.4 Å². The maximum atomic E-state index is 5.91. The molecule has 0 aromatic heterocycles. The fourth-order valence-corrected chi connectivity index (χ4v) is 2.43. The number of benzene rings is 1. The molecule has 18 heavy (non-hydrogen) atoms. The number of para-hydroxylation sites is 1. The van der Waals surface area contributed by atoms with E-state index < -0.39 is 0 Å². The highest BCUT2D eigenvalue weighted by molar-refractivity contribution is 5.46. The Morgan fingerprint density at radius 1 is 1.28 bits per heavy atom. The van der Waals surface area contributed by atoms with E-state index in [-0.39, 0.29) is 0 Å². The summed E-state index contributed by atoms with van der Waals surface area (Å²) in [6.45, 7) is 3.08. The fraction of sp³-hybridized carbons (Fsp3) is 0.600. The van der Waals surface area contributed by atoms with Gasteiger partial charge in [0.1, 0.15) is 0 Å². The maximum Gasteiger partial charge on any atom is 0.0588 e. The number of ether oxygens (including phenoxy) is 1. The van der Waals surface area contributed by atoms with Crippen LogP contribution in [0.1, 0.15) is 31.2 Å². The van der Waals surface area contributed by atoms with E-state index in [1.807, 2.05) is 12.1 Å². The summed E-state index contributed by atoms with van der Waals surface area (Å²) in [7, 11) is 0. The highest BCUT2D eigenvalue weighted by Crippen LogP contribution is 2.14. The van der Waals surface area contributed by atoms with Gasteiger partial charge in [0.15, 0.2) is 0 Å². The largest absolute Gasteiger partial charge is 0.399 e. The van der Waals surface area contributed by atoms with Crippen molar-refractivity contribution in [1.82, 2.24) is 5.32 Å². The van der Waals surface area contributed by atoms with Gasteiger partial charge in [0, 0.05) is 12.3 Å². The smallest absolute Gasteiger partial charge is 0.0588 e. The molecule has 3 N–H and O–H groups in total. The standard InChI is InChI=1S/C15H24N2O/c16-15-8-2-1-5-13(15)6-3-10-17-11-9-14-7-4-12-18-14/h1-2,5,8,14,17H,3-4,6-7,9-12,16H2. The molecule has 1 fully saturated rings. The SMILES string of the molecule is Nc1ccccc1CCCNCCC1CCCO1. The molecule has 1 aromatic carbocycles. The normalized spacial score (nSPS) is 19.2. The van der Waals surface area contributed by atoms with Crippen LogP contribution < -0.4 is 11.1 Å². The van der Waals surface area contributed by atoms with E-state index in [2.05, 4.69) is 17.4 Å². The van der Waals surface area contributed by atoms with E-state index in [4.69, 9.17) is 10.5 Å². The van der Waals surface area contributed by atoms with Gasteiger partial charge >= 0.3 is 0 Å². The number of nitrogens with one attached hydrogen (secondary N) is 1. The summed E-state index contributed by atoms with van der Waals surface area (Å²) in [5.41, 5.74) is 8.08. The molecule has 1 atom stereocenters. The van der Waals surface area contributed by atoms with Gasteiger partial charge in [-0.3, -0.25) is 0 Å². The van der Waals surface area contributed by atoms with Crippen LogP contribution in [0.15, 0.2) is 24.3 Å². The lowest BCUT2D eigenvalue weighted by Crippen LogP contribution is -2.21. The van der Waals surface area contributed by atoms with Crippen LogP contribution >= 0.6 is 0 Å². The molecule has 1 saturated heterocycles. The zero-order valence-corrected chi connectivity index (χ0v) is 11.0. The lowest BCUT2D eigenvalue weighted by atomic mass is 10.1. The molecule has 100 valence electrons. The van der Waals surface area contributed by atoms with Crippen molar-refractivity contribution >= 4 is 5.69 Å². The molecule has 1 aliphatic rings. The van der Waals surface area contributed by atoms with E-state index in [1.54, 1.807) is 0 Å². The lowest BCUT2D eigenvalue weighted by Gasteiger charge is -2.10. The van der Waals surface area contributed by atoms with E-state index in [9.17, 15) is 0 Å². The topological polar surface area (TPSA) is 47.3 Å². The Morgan fingerprint density at radius 2 is 2.17 bits per heavy atom. The number of anilines is 1. The Balaban J connectivity index is 1.52. The van der Waals surface area contributed by atoms with Gasteiger partial charge in [0.2, 0.25) is 0 Å². The number of aryl methyl sites for hydroxylation is 1. The summed E-state index contributed by atoms with van der Waals surface area (Å²) in [6.07, 6.45) is 6.31. The summed E-state index contributed by atoms with van der Waals surface area (Å²) >= 11 is 0. The Bertz CT molecular complexity index is 348. The predicted octanol–water partition coefficient (Wildman–Crippen LogP) is 2.36. The van der Waals surface area contributed by atoms with E-state index >= 15 is 0 Å². The first kappa shape index (κ1) is 13.4. The second-order valence-electron chi connectivity index (χ2n) is 4.98. The molecule has 0 aliphatic carbocycles. The van der Waals surface area contributed by atoms with Crippen LogP contribution in [-0.2, 0) is 11.2 Å². The molecule has 3 heteroatoms. The first-order chi connectivity index (χ1) is 8.86. The lowest BCUT2D eigenvalue weighted by molar-refractivity contribution is 0.104. The average Bonchev–Trinajstić information content (AvgIpc) is 2.89. The first-order valence-corrected chi connectivity index (χ1v) is 7.02. The second-order valence-corrected chi connectivity index (χ2v) is 4.98. The zero-order valence-electron chi connectivity index (χ0n) is 11.0. The average molecular weight is 248 g/mol. The van der Waals surface area contributed by atoms with Crippen LogP contribution in [0.4, 0.5) is 5.69 Å². The van der Waals surface area contributed by atoms with Crippen LogP contribution in [0.3, 0.4) is 0 Å². The van der Waals surface area contributed by atoms with E-state index in [0.717, 1.165) is 44.6 Å². The number of hydrogen-bond acceptors (Lipinski definition) is 3. The highest BCUT2D eigenvalue weighted by Gasteiger charge is 2.14. The van der Waals surface area contributed by atoms with Gasteiger partial charge in [0.05, 0.1) is 6.10 Å². The van der Waals surface area contributed by atoms with Crippen molar-refractivity contribution in [2.24, 2.45) is 0 Å². The van der Waals surface area contributed by atoms with E-state index in [0.29, 0.717) is 6.10 Å². The molecule has 0 amide bonds. The molecular weight excluding hydrogens is 224 g/mol. The van der Waals surface area contributed by atoms with Gasteiger partial charge in [-0.05, 0) is 56.8 Å². The van der Waals surface area contributed by atoms with Gasteiger partial charge in [-0.2, -0.15) is 0 Å². The van der Waals surface area contributed by atoms with Crippen LogP contribution in [0.25, 0.3) is 0 Å². The van der Waals surface area contributed by atoms with Crippen LogP contribution in [0.5, 0.6) is 0 Å². The summed E-state index contributed by atoms with van der Waals surface area (Å²) in [4.78, 5) is 0. The first-order valence-electron chi connectivity index (χ1n) is 7.02. The fourth-order valence-electron chi connectivity index (χ4n) is 2.43. The van der Waals surface area contributed by atoms with Crippen molar-refractivity contribution < 1.29 is 4.74 Å². The summed E-state index contributed by atoms with van der Waals surface area (Å²) < 4.78 is 5.59. The minimum Gasteiger partial charge on any atom is -0.399 e. The third kappa shape index (κ3) is 4.31. The monoisotopic (exact) mass is 248 g/mol. The molecule has 1 aromatic rings. The molecular formula is C15H24N2O. The van der Waals surface area contributed by atoms with Gasteiger partial charge in [-0.15, -0.1) is 0 Å². The Kier molecular flexibility index (Phi) is 5.49. The molecule has 0 radical (unpaired) electrons. The Labute approximate surface area is 110 Å². The molecule has 0 saturated carbocycles. The van der Waals surface area contributed by atoms with Gasteiger partial charge in [-0.1, -0.05) is 18.2 Å². The van der Waals surface area contributed by atoms with Gasteiger partial charge in [0.25, 0.3) is 0 Å². The maximum absolute atomic E-state index is 5.91. The van der Waals surface area contributed by atoms with Crippen molar-refractivity contribution in [1.29, 1.82) is 0 Å². The molecule has 3 nitrogen and oxygen atoms in total. The number of rotatable bonds is 7. The molecule has 2 rings (SSSR count). The van der Waals surface area contributed by atoms with Crippen LogP contribution in [0, 0.1) is 0 Å². The summed E-state index contributed by atoms with van der Waals surface area (Å²) in [6, 6.07) is 8.12. The molecule has 0 spiro atoms. The van der Waals surface area contributed by atoms with Crippen molar-refractivity contribution in [3.05, 3.63) is 29.8 Å². The molecule has 1 unspecified atom stereocenters. The third-order valence-corrected chi connectivity index (χ3v) is 3.52. The van der Waals surface area contributed by atoms with Crippen molar-refractivity contribution in [3.63, 3.8) is 0 Å². The Morgan fingerprint density at radius 3 is 2.94 bits per heavy atom. The number of hydrogen-bond donors (Lipinski definition) is 2. The third-order valence-electron chi connectivity index (χ3n) is 3.52. The quantitative estimate of drug-likeness (QED) is 0.575. The molecule has 0 bridgehead atoms. The molecule has 1 heterocycles. The van der Waals surface area contributed by atoms with Crippen molar-refractivity contribution in [2.45, 2.75) is 38.2 Å². The second kappa shape index (κ2) is 7.39. The Hall–Kier alpha value is -1.06. The van der Waals surface area contributed by atoms with Gasteiger partial charge < -0.3 is 15.8 Å². The predicted molar refractivity (Wildman–Crippen MR) is 75.6 cm³/mol. The highest BCUT2D eigenvalue weighted by atomic mass is 16.5. The molecule has 1 aliphatic heterocycles.